The maximum absolute atomic E-state index is 11.2. The van der Waals surface area contributed by atoms with Gasteiger partial charge in [-0.25, -0.2) is 0 Å². The van der Waals surface area contributed by atoms with Crippen LogP contribution in [-0.4, -0.2) is 34.0 Å². The number of rotatable bonds is 3. The summed E-state index contributed by atoms with van der Waals surface area (Å²) >= 11 is 0. The highest BCUT2D eigenvalue weighted by molar-refractivity contribution is 5.75. The minimum absolute atomic E-state index is 0.504. The number of aromatic nitrogens is 1. The summed E-state index contributed by atoms with van der Waals surface area (Å²) in [5.74, 6) is -0.775. The van der Waals surface area contributed by atoms with Crippen molar-refractivity contribution in [3.05, 3.63) is 30.1 Å². The molecule has 1 aromatic heterocycles. The van der Waals surface area contributed by atoms with Crippen molar-refractivity contribution in [3.63, 3.8) is 0 Å². The fourth-order valence-electron chi connectivity index (χ4n) is 2.06. The van der Waals surface area contributed by atoms with Crippen LogP contribution in [0.5, 0.6) is 0 Å². The lowest BCUT2D eigenvalue weighted by molar-refractivity contribution is -0.143. The Hall–Kier alpha value is -1.42. The zero-order valence-electron chi connectivity index (χ0n) is 8.47. The highest BCUT2D eigenvalue weighted by atomic mass is 16.4. The van der Waals surface area contributed by atoms with Crippen LogP contribution >= 0.6 is 0 Å². The van der Waals surface area contributed by atoms with Crippen LogP contribution in [0.15, 0.2) is 24.5 Å². The molecule has 0 amide bonds. The molecule has 0 aliphatic carbocycles. The molecule has 2 heterocycles. The molecule has 1 N–H and O–H groups in total. The van der Waals surface area contributed by atoms with Crippen molar-refractivity contribution >= 4 is 5.97 Å². The van der Waals surface area contributed by atoms with Crippen molar-refractivity contribution in [1.29, 1.82) is 0 Å². The minimum atomic E-state index is -0.775. The summed E-state index contributed by atoms with van der Waals surface area (Å²) in [4.78, 5) is 17.1. The molecule has 2 rings (SSSR count). The fourth-order valence-corrected chi connectivity index (χ4v) is 2.06. The number of aliphatic carboxylic acids is 1. The number of hydrogen-bond donors (Lipinski definition) is 1. The van der Waals surface area contributed by atoms with Gasteiger partial charge in [0.1, 0.15) is 6.04 Å². The topological polar surface area (TPSA) is 53.4 Å². The Morgan fingerprint density at radius 3 is 2.47 bits per heavy atom. The van der Waals surface area contributed by atoms with Gasteiger partial charge in [-0.1, -0.05) is 0 Å². The molecule has 1 fully saturated rings. The Labute approximate surface area is 88.6 Å². The predicted octanol–water partition coefficient (Wildman–Crippen LogP) is 1.30. The molecule has 1 saturated heterocycles. The summed E-state index contributed by atoms with van der Waals surface area (Å²) in [6.45, 7) is 1.75. The first-order chi connectivity index (χ1) is 7.29. The zero-order chi connectivity index (χ0) is 10.7. The molecule has 0 radical (unpaired) electrons. The van der Waals surface area contributed by atoms with Gasteiger partial charge in [0.05, 0.1) is 0 Å². The second-order valence-electron chi connectivity index (χ2n) is 3.76. The summed E-state index contributed by atoms with van der Waals surface area (Å²) in [7, 11) is 0. The maximum atomic E-state index is 11.2. The molecule has 1 aromatic rings. The number of carboxylic acid groups (broad SMARTS) is 1. The summed E-state index contributed by atoms with van der Waals surface area (Å²) in [5.41, 5.74) is 0.819. The van der Waals surface area contributed by atoms with Gasteiger partial charge in [-0.2, -0.15) is 0 Å². The molecule has 1 aliphatic rings. The average Bonchev–Trinajstić information content (AvgIpc) is 2.72. The van der Waals surface area contributed by atoms with Gasteiger partial charge in [-0.05, 0) is 43.6 Å². The number of likely N-dealkylation sites (tertiary alicyclic amines) is 1. The highest BCUT2D eigenvalue weighted by Gasteiger charge is 2.29. The Morgan fingerprint density at radius 2 is 1.93 bits per heavy atom. The van der Waals surface area contributed by atoms with Gasteiger partial charge >= 0.3 is 5.97 Å². The molecule has 0 spiro atoms. The fraction of sp³-hybridized carbons (Fsp3) is 0.455. The summed E-state index contributed by atoms with van der Waals surface area (Å²) in [5, 5.41) is 9.23. The van der Waals surface area contributed by atoms with E-state index >= 15 is 0 Å². The maximum Gasteiger partial charge on any atom is 0.325 e. The average molecular weight is 206 g/mol. The number of pyridine rings is 1. The highest BCUT2D eigenvalue weighted by Crippen LogP contribution is 2.24. The SMILES string of the molecule is O=C(O)C(c1ccncc1)N1CCCC1. The van der Waals surface area contributed by atoms with Crippen LogP contribution in [0.4, 0.5) is 0 Å². The standard InChI is InChI=1S/C11H14N2O2/c14-11(15)10(13-7-1-2-8-13)9-3-5-12-6-4-9/h3-6,10H,1-2,7-8H2,(H,14,15). The lowest BCUT2D eigenvalue weighted by atomic mass is 10.1. The van der Waals surface area contributed by atoms with E-state index in [1.165, 1.54) is 0 Å². The summed E-state index contributed by atoms with van der Waals surface area (Å²) in [6.07, 6.45) is 5.46. The minimum Gasteiger partial charge on any atom is -0.480 e. The first-order valence-electron chi connectivity index (χ1n) is 5.16. The van der Waals surface area contributed by atoms with E-state index in [9.17, 15) is 9.90 Å². The Balaban J connectivity index is 2.23. The van der Waals surface area contributed by atoms with Crippen LogP contribution in [0.25, 0.3) is 0 Å². The molecule has 0 bridgehead atoms. The zero-order valence-corrected chi connectivity index (χ0v) is 8.47. The van der Waals surface area contributed by atoms with Crippen molar-refractivity contribution in [2.45, 2.75) is 18.9 Å². The molecule has 80 valence electrons. The Bertz CT molecular complexity index is 334. The van der Waals surface area contributed by atoms with E-state index in [0.717, 1.165) is 31.5 Å². The van der Waals surface area contributed by atoms with Crippen LogP contribution in [0.3, 0.4) is 0 Å². The molecule has 1 atom stereocenters. The first-order valence-corrected chi connectivity index (χ1v) is 5.16. The Morgan fingerprint density at radius 1 is 1.33 bits per heavy atom. The van der Waals surface area contributed by atoms with Gasteiger partial charge in [-0.15, -0.1) is 0 Å². The van der Waals surface area contributed by atoms with Crippen LogP contribution in [0.2, 0.25) is 0 Å². The molecular weight excluding hydrogens is 192 g/mol. The van der Waals surface area contributed by atoms with Crippen LogP contribution < -0.4 is 0 Å². The third-order valence-corrected chi connectivity index (χ3v) is 2.76. The van der Waals surface area contributed by atoms with Crippen molar-refractivity contribution in [1.82, 2.24) is 9.88 Å². The molecule has 0 saturated carbocycles. The third-order valence-electron chi connectivity index (χ3n) is 2.76. The molecule has 15 heavy (non-hydrogen) atoms. The number of carbonyl (C=O) groups is 1. The van der Waals surface area contributed by atoms with E-state index in [1.807, 2.05) is 4.90 Å². The predicted molar refractivity (Wildman–Crippen MR) is 55.4 cm³/mol. The largest absolute Gasteiger partial charge is 0.480 e. The van der Waals surface area contributed by atoms with E-state index in [1.54, 1.807) is 24.5 Å². The smallest absolute Gasteiger partial charge is 0.325 e. The van der Waals surface area contributed by atoms with Crippen LogP contribution in [-0.2, 0) is 4.79 Å². The lowest BCUT2D eigenvalue weighted by Crippen LogP contribution is -2.31. The van der Waals surface area contributed by atoms with Gasteiger partial charge in [0.25, 0.3) is 0 Å². The van der Waals surface area contributed by atoms with Gasteiger partial charge in [0.2, 0.25) is 0 Å². The molecule has 1 unspecified atom stereocenters. The van der Waals surface area contributed by atoms with E-state index in [2.05, 4.69) is 4.98 Å². The van der Waals surface area contributed by atoms with Gasteiger partial charge in [0, 0.05) is 12.4 Å². The molecule has 0 aromatic carbocycles. The molecular formula is C11H14N2O2. The van der Waals surface area contributed by atoms with Gasteiger partial charge < -0.3 is 5.11 Å². The normalized spacial score (nSPS) is 18.9. The number of hydrogen-bond acceptors (Lipinski definition) is 3. The second kappa shape index (κ2) is 4.40. The summed E-state index contributed by atoms with van der Waals surface area (Å²) in [6, 6.07) is 3.05. The monoisotopic (exact) mass is 206 g/mol. The van der Waals surface area contributed by atoms with Crippen molar-refractivity contribution < 1.29 is 9.90 Å². The molecule has 1 aliphatic heterocycles. The third kappa shape index (κ3) is 2.15. The van der Waals surface area contributed by atoms with Crippen molar-refractivity contribution in [2.24, 2.45) is 0 Å². The van der Waals surface area contributed by atoms with Gasteiger partial charge in [0.15, 0.2) is 0 Å². The van der Waals surface area contributed by atoms with E-state index in [-0.39, 0.29) is 0 Å². The lowest BCUT2D eigenvalue weighted by Gasteiger charge is -2.23. The Kier molecular flexibility index (Phi) is 2.97. The number of carboxylic acids is 1. The first kappa shape index (κ1) is 10.1. The molecule has 4 heteroatoms. The number of nitrogens with zero attached hydrogens (tertiary/aromatic N) is 2. The van der Waals surface area contributed by atoms with Crippen LogP contribution in [0, 0.1) is 0 Å². The van der Waals surface area contributed by atoms with Crippen molar-refractivity contribution in [3.8, 4) is 0 Å². The quantitative estimate of drug-likeness (QED) is 0.810. The second-order valence-corrected chi connectivity index (χ2v) is 3.76. The van der Waals surface area contributed by atoms with E-state index in [0.29, 0.717) is 0 Å². The van der Waals surface area contributed by atoms with Crippen LogP contribution in [0.1, 0.15) is 24.4 Å². The summed E-state index contributed by atoms with van der Waals surface area (Å²) < 4.78 is 0. The van der Waals surface area contributed by atoms with Gasteiger partial charge in [-0.3, -0.25) is 14.7 Å². The van der Waals surface area contributed by atoms with E-state index < -0.39 is 12.0 Å². The molecule has 4 nitrogen and oxygen atoms in total. The van der Waals surface area contributed by atoms with Crippen molar-refractivity contribution in [2.75, 3.05) is 13.1 Å². The van der Waals surface area contributed by atoms with E-state index in [4.69, 9.17) is 0 Å².